The van der Waals surface area contributed by atoms with E-state index in [1.54, 1.807) is 5.57 Å². The van der Waals surface area contributed by atoms with E-state index in [-0.39, 0.29) is 0 Å². The lowest BCUT2D eigenvalue weighted by molar-refractivity contribution is 0.313. The molecule has 1 saturated heterocycles. The van der Waals surface area contributed by atoms with E-state index >= 15 is 0 Å². The number of nitrogens with zero attached hydrogens (tertiary/aromatic N) is 1. The van der Waals surface area contributed by atoms with Gasteiger partial charge in [-0.1, -0.05) is 90.5 Å². The van der Waals surface area contributed by atoms with Gasteiger partial charge in [-0.25, -0.2) is 0 Å². The van der Waals surface area contributed by atoms with Gasteiger partial charge in [-0.05, 0) is 58.8 Å². The van der Waals surface area contributed by atoms with E-state index in [9.17, 15) is 0 Å². The van der Waals surface area contributed by atoms with Crippen molar-refractivity contribution < 1.29 is 0 Å². The first-order valence-electron chi connectivity index (χ1n) is 10.2. The largest absolute Gasteiger partial charge is 0.306 e. The lowest BCUT2D eigenvalue weighted by Gasteiger charge is -2.27. The molecule has 1 aliphatic heterocycles. The first-order valence-corrected chi connectivity index (χ1v) is 10.2. The zero-order valence-electron chi connectivity index (χ0n) is 16.4. The van der Waals surface area contributed by atoms with Gasteiger partial charge in [0, 0.05) is 13.1 Å². The van der Waals surface area contributed by atoms with Crippen LogP contribution in [0.5, 0.6) is 0 Å². The normalized spacial score (nSPS) is 16.5. The molecule has 0 unspecified atom stereocenters. The average Bonchev–Trinajstić information content (AvgIpc) is 2.92. The Labute approximate surface area is 167 Å². The van der Waals surface area contributed by atoms with Gasteiger partial charge in [0.1, 0.15) is 0 Å². The van der Waals surface area contributed by atoms with Crippen molar-refractivity contribution in [2.45, 2.75) is 12.8 Å². The van der Waals surface area contributed by atoms with Crippen molar-refractivity contribution in [3.63, 3.8) is 0 Å². The van der Waals surface area contributed by atoms with E-state index in [2.05, 4.69) is 96.9 Å². The van der Waals surface area contributed by atoms with Crippen molar-refractivity contribution in [3.8, 4) is 11.1 Å². The van der Waals surface area contributed by atoms with Crippen LogP contribution in [0.4, 0.5) is 0 Å². The van der Waals surface area contributed by atoms with E-state index in [0.717, 1.165) is 25.9 Å². The fourth-order valence-corrected chi connectivity index (χ4v) is 4.54. The van der Waals surface area contributed by atoms with E-state index < -0.39 is 0 Å². The Hall–Kier alpha value is -2.90. The Bertz CT molecular complexity index is 1060. The van der Waals surface area contributed by atoms with Crippen molar-refractivity contribution in [1.29, 1.82) is 0 Å². The Morgan fingerprint density at radius 1 is 0.643 bits per heavy atom. The summed E-state index contributed by atoms with van der Waals surface area (Å²) >= 11 is 0. The standard InChI is InChI=1S/C27H25N/c1-28-18-16-22(17-19-28)27-24-11-6-5-10-21(24)14-15-25-23(12-7-13-26(25)27)20-8-3-2-4-9-20/h2-15H,16-19H2,1H3. The average molecular weight is 364 g/mol. The highest BCUT2D eigenvalue weighted by Gasteiger charge is 2.22. The van der Waals surface area contributed by atoms with Gasteiger partial charge >= 0.3 is 0 Å². The topological polar surface area (TPSA) is 3.24 Å². The molecule has 1 aliphatic carbocycles. The van der Waals surface area contributed by atoms with Crippen molar-refractivity contribution >= 4 is 17.7 Å². The fraction of sp³-hybridized carbons (Fsp3) is 0.185. The summed E-state index contributed by atoms with van der Waals surface area (Å²) < 4.78 is 0. The predicted octanol–water partition coefficient (Wildman–Crippen LogP) is 6.36. The second-order valence-electron chi connectivity index (χ2n) is 7.84. The van der Waals surface area contributed by atoms with Gasteiger partial charge in [0.25, 0.3) is 0 Å². The summed E-state index contributed by atoms with van der Waals surface area (Å²) in [5.41, 5.74) is 11.1. The zero-order valence-corrected chi connectivity index (χ0v) is 16.4. The van der Waals surface area contributed by atoms with Gasteiger partial charge in [-0.3, -0.25) is 0 Å². The Kier molecular flexibility index (Phi) is 4.46. The molecule has 2 aliphatic rings. The maximum atomic E-state index is 2.44. The minimum atomic E-state index is 1.14. The molecular weight excluding hydrogens is 338 g/mol. The molecule has 5 rings (SSSR count). The molecule has 3 aromatic carbocycles. The maximum absolute atomic E-state index is 2.44. The lowest BCUT2D eigenvalue weighted by atomic mass is 9.84. The molecule has 1 heteroatoms. The SMILES string of the molecule is CN1CCC(=C2c3ccccc3C=Cc3c2cccc3-c2ccccc2)CC1. The third-order valence-electron chi connectivity index (χ3n) is 6.06. The Balaban J connectivity index is 1.78. The third-order valence-corrected chi connectivity index (χ3v) is 6.06. The van der Waals surface area contributed by atoms with Crippen LogP contribution in [0.1, 0.15) is 35.1 Å². The van der Waals surface area contributed by atoms with Crippen LogP contribution in [-0.2, 0) is 0 Å². The van der Waals surface area contributed by atoms with Gasteiger partial charge in [0.2, 0.25) is 0 Å². The van der Waals surface area contributed by atoms with Gasteiger partial charge in [-0.2, -0.15) is 0 Å². The highest BCUT2D eigenvalue weighted by molar-refractivity contribution is 5.98. The zero-order chi connectivity index (χ0) is 18.9. The van der Waals surface area contributed by atoms with Crippen LogP contribution in [0.25, 0.3) is 28.9 Å². The highest BCUT2D eigenvalue weighted by Crippen LogP contribution is 2.41. The van der Waals surface area contributed by atoms with Crippen molar-refractivity contribution in [2.75, 3.05) is 20.1 Å². The number of rotatable bonds is 1. The van der Waals surface area contributed by atoms with Crippen molar-refractivity contribution in [3.05, 3.63) is 101 Å². The molecule has 0 atom stereocenters. The van der Waals surface area contributed by atoms with Crippen LogP contribution in [0.15, 0.2) is 78.4 Å². The second-order valence-corrected chi connectivity index (χ2v) is 7.84. The molecule has 0 N–H and O–H groups in total. The van der Waals surface area contributed by atoms with Gasteiger partial charge < -0.3 is 4.90 Å². The van der Waals surface area contributed by atoms with Gasteiger partial charge in [0.15, 0.2) is 0 Å². The van der Waals surface area contributed by atoms with E-state index in [4.69, 9.17) is 0 Å². The maximum Gasteiger partial charge on any atom is 0.00160 e. The number of hydrogen-bond donors (Lipinski definition) is 0. The molecule has 0 saturated carbocycles. The van der Waals surface area contributed by atoms with Crippen molar-refractivity contribution in [1.82, 2.24) is 4.90 Å². The van der Waals surface area contributed by atoms with Crippen LogP contribution < -0.4 is 0 Å². The van der Waals surface area contributed by atoms with Crippen LogP contribution in [-0.4, -0.2) is 25.0 Å². The molecule has 3 aromatic rings. The molecule has 1 heterocycles. The van der Waals surface area contributed by atoms with Crippen LogP contribution in [0, 0.1) is 0 Å². The van der Waals surface area contributed by atoms with Crippen LogP contribution in [0.2, 0.25) is 0 Å². The van der Waals surface area contributed by atoms with Gasteiger partial charge in [0.05, 0.1) is 0 Å². The molecule has 138 valence electrons. The highest BCUT2D eigenvalue weighted by atomic mass is 15.1. The first-order chi connectivity index (χ1) is 13.8. The summed E-state index contributed by atoms with van der Waals surface area (Å²) in [4.78, 5) is 2.44. The monoisotopic (exact) mass is 363 g/mol. The fourth-order valence-electron chi connectivity index (χ4n) is 4.54. The van der Waals surface area contributed by atoms with Crippen LogP contribution >= 0.6 is 0 Å². The number of likely N-dealkylation sites (tertiary alicyclic amines) is 1. The summed E-state index contributed by atoms with van der Waals surface area (Å²) in [6, 6.07) is 26.4. The number of benzene rings is 3. The van der Waals surface area contributed by atoms with E-state index in [0.29, 0.717) is 0 Å². The smallest absolute Gasteiger partial charge is 0.00160 e. The molecule has 0 aromatic heterocycles. The number of hydrogen-bond acceptors (Lipinski definition) is 1. The van der Waals surface area contributed by atoms with Crippen molar-refractivity contribution in [2.24, 2.45) is 0 Å². The molecule has 0 amide bonds. The summed E-state index contributed by atoms with van der Waals surface area (Å²) in [6.07, 6.45) is 6.91. The Morgan fingerprint density at radius 2 is 1.32 bits per heavy atom. The lowest BCUT2D eigenvalue weighted by Crippen LogP contribution is -2.27. The molecular formula is C27H25N. The summed E-state index contributed by atoms with van der Waals surface area (Å²) in [7, 11) is 2.23. The molecule has 1 nitrogen and oxygen atoms in total. The third kappa shape index (κ3) is 3.02. The minimum absolute atomic E-state index is 1.14. The molecule has 0 radical (unpaired) electrons. The summed E-state index contributed by atoms with van der Waals surface area (Å²) in [5.74, 6) is 0. The quantitative estimate of drug-likeness (QED) is 0.380. The predicted molar refractivity (Wildman–Crippen MR) is 120 cm³/mol. The van der Waals surface area contributed by atoms with Gasteiger partial charge in [-0.15, -0.1) is 0 Å². The summed E-state index contributed by atoms with van der Waals surface area (Å²) in [6.45, 7) is 2.28. The van der Waals surface area contributed by atoms with E-state index in [1.165, 1.54) is 39.0 Å². The Morgan fingerprint density at radius 3 is 2.14 bits per heavy atom. The number of piperidine rings is 1. The molecule has 0 bridgehead atoms. The molecule has 0 spiro atoms. The minimum Gasteiger partial charge on any atom is -0.306 e. The van der Waals surface area contributed by atoms with Crippen LogP contribution in [0.3, 0.4) is 0 Å². The first kappa shape index (κ1) is 17.2. The molecule has 28 heavy (non-hydrogen) atoms. The van der Waals surface area contributed by atoms with E-state index in [1.807, 2.05) is 0 Å². The number of fused-ring (bicyclic) bond motifs is 2. The molecule has 1 fully saturated rings. The summed E-state index contributed by atoms with van der Waals surface area (Å²) in [5, 5.41) is 0. The second kappa shape index (κ2) is 7.26.